The SMILES string of the molecule is CCC(N)(NC(=O)O)C(C)=O. The number of nitrogens with two attached hydrogens (primary N) is 1. The number of Topliss-reactive ketones (excluding diaryl/α,β-unsaturated/α-hetero) is 1. The molecule has 0 aliphatic heterocycles. The van der Waals surface area contributed by atoms with Crippen LogP contribution in [0.1, 0.15) is 20.3 Å². The van der Waals surface area contributed by atoms with Gasteiger partial charge in [0.25, 0.3) is 0 Å². The Morgan fingerprint density at radius 3 is 2.18 bits per heavy atom. The van der Waals surface area contributed by atoms with Crippen molar-refractivity contribution >= 4 is 11.9 Å². The van der Waals surface area contributed by atoms with Gasteiger partial charge in [0, 0.05) is 0 Å². The van der Waals surface area contributed by atoms with Crippen LogP contribution in [0.3, 0.4) is 0 Å². The van der Waals surface area contributed by atoms with Gasteiger partial charge in [0.1, 0.15) is 0 Å². The Bertz CT molecular complexity index is 181. The molecule has 1 atom stereocenters. The fraction of sp³-hybridized carbons (Fsp3) is 0.667. The molecule has 0 radical (unpaired) electrons. The largest absolute Gasteiger partial charge is 0.465 e. The van der Waals surface area contributed by atoms with Crippen LogP contribution in [0.15, 0.2) is 0 Å². The van der Waals surface area contributed by atoms with Gasteiger partial charge in [-0.1, -0.05) is 6.92 Å². The van der Waals surface area contributed by atoms with E-state index in [-0.39, 0.29) is 12.2 Å². The van der Waals surface area contributed by atoms with Crippen LogP contribution in [0.2, 0.25) is 0 Å². The molecule has 0 spiro atoms. The molecule has 0 aliphatic carbocycles. The van der Waals surface area contributed by atoms with E-state index in [0.717, 1.165) is 0 Å². The molecule has 4 N–H and O–H groups in total. The van der Waals surface area contributed by atoms with Crippen molar-refractivity contribution in [3.63, 3.8) is 0 Å². The van der Waals surface area contributed by atoms with E-state index in [4.69, 9.17) is 10.8 Å². The number of ketones is 1. The first-order chi connectivity index (χ1) is 4.92. The molecule has 0 saturated heterocycles. The highest BCUT2D eigenvalue weighted by atomic mass is 16.4. The number of nitrogens with one attached hydrogen (secondary N) is 1. The summed E-state index contributed by atoms with van der Waals surface area (Å²) in [7, 11) is 0. The third-order valence-corrected chi connectivity index (χ3v) is 1.52. The Hall–Kier alpha value is -1.10. The molecule has 0 aliphatic rings. The first-order valence-corrected chi connectivity index (χ1v) is 3.23. The van der Waals surface area contributed by atoms with E-state index in [1.807, 2.05) is 5.32 Å². The Labute approximate surface area is 64.6 Å². The quantitative estimate of drug-likeness (QED) is 0.503. The van der Waals surface area contributed by atoms with Crippen LogP contribution >= 0.6 is 0 Å². The summed E-state index contributed by atoms with van der Waals surface area (Å²) in [5, 5.41) is 10.2. The van der Waals surface area contributed by atoms with Crippen LogP contribution in [-0.4, -0.2) is 22.6 Å². The predicted octanol–water partition coefficient (Wildman–Crippen LogP) is -0.0920. The van der Waals surface area contributed by atoms with Crippen molar-refractivity contribution < 1.29 is 14.7 Å². The molecule has 0 bridgehead atoms. The van der Waals surface area contributed by atoms with Crippen molar-refractivity contribution in [2.75, 3.05) is 0 Å². The van der Waals surface area contributed by atoms with E-state index in [2.05, 4.69) is 0 Å². The number of hydrogen-bond donors (Lipinski definition) is 3. The van der Waals surface area contributed by atoms with Gasteiger partial charge >= 0.3 is 6.09 Å². The van der Waals surface area contributed by atoms with Gasteiger partial charge in [-0.2, -0.15) is 0 Å². The molecule has 5 heteroatoms. The van der Waals surface area contributed by atoms with Gasteiger partial charge in [-0.15, -0.1) is 0 Å². The second kappa shape index (κ2) is 3.34. The molecule has 0 aromatic rings. The molecule has 0 saturated carbocycles. The summed E-state index contributed by atoms with van der Waals surface area (Å²) < 4.78 is 0. The van der Waals surface area contributed by atoms with Gasteiger partial charge in [0.15, 0.2) is 11.4 Å². The monoisotopic (exact) mass is 160 g/mol. The van der Waals surface area contributed by atoms with E-state index in [0.29, 0.717) is 0 Å². The van der Waals surface area contributed by atoms with Crippen LogP contribution < -0.4 is 11.1 Å². The fourth-order valence-electron chi connectivity index (χ4n) is 0.616. The van der Waals surface area contributed by atoms with Crippen LogP contribution in [0, 0.1) is 0 Å². The summed E-state index contributed by atoms with van der Waals surface area (Å²) in [6.45, 7) is 2.89. The lowest BCUT2D eigenvalue weighted by Gasteiger charge is -2.24. The van der Waals surface area contributed by atoms with Crippen molar-refractivity contribution in [3.8, 4) is 0 Å². The number of hydrogen-bond acceptors (Lipinski definition) is 3. The van der Waals surface area contributed by atoms with E-state index in [1.54, 1.807) is 6.92 Å². The van der Waals surface area contributed by atoms with Gasteiger partial charge in [-0.3, -0.25) is 10.1 Å². The number of carbonyl (C=O) groups excluding carboxylic acids is 1. The first kappa shape index (κ1) is 9.90. The highest BCUT2D eigenvalue weighted by Crippen LogP contribution is 2.02. The molecule has 0 rings (SSSR count). The van der Waals surface area contributed by atoms with E-state index in [1.165, 1.54) is 6.92 Å². The molecule has 64 valence electrons. The lowest BCUT2D eigenvalue weighted by Crippen LogP contribution is -2.60. The summed E-state index contributed by atoms with van der Waals surface area (Å²) in [5.41, 5.74) is 3.97. The second-order valence-corrected chi connectivity index (χ2v) is 2.31. The average molecular weight is 160 g/mol. The van der Waals surface area contributed by atoms with E-state index < -0.39 is 11.8 Å². The zero-order valence-corrected chi connectivity index (χ0v) is 6.55. The highest BCUT2D eigenvalue weighted by molar-refractivity contribution is 5.88. The highest BCUT2D eigenvalue weighted by Gasteiger charge is 2.29. The maximum absolute atomic E-state index is 10.8. The average Bonchev–Trinajstić information content (AvgIpc) is 1.86. The minimum Gasteiger partial charge on any atom is -0.465 e. The summed E-state index contributed by atoms with van der Waals surface area (Å²) >= 11 is 0. The molecule has 0 fully saturated rings. The molecule has 0 aromatic carbocycles. The smallest absolute Gasteiger partial charge is 0.406 e. The topological polar surface area (TPSA) is 92.4 Å². The van der Waals surface area contributed by atoms with Gasteiger partial charge in [0.2, 0.25) is 0 Å². The van der Waals surface area contributed by atoms with Crippen LogP contribution in [0.5, 0.6) is 0 Å². The van der Waals surface area contributed by atoms with Crippen molar-refractivity contribution in [2.45, 2.75) is 25.9 Å². The summed E-state index contributed by atoms with van der Waals surface area (Å²) in [5.74, 6) is -0.387. The Morgan fingerprint density at radius 1 is 1.64 bits per heavy atom. The predicted molar refractivity (Wildman–Crippen MR) is 39.1 cm³/mol. The third kappa shape index (κ3) is 2.55. The van der Waals surface area contributed by atoms with Crippen molar-refractivity contribution in [1.82, 2.24) is 5.32 Å². The third-order valence-electron chi connectivity index (χ3n) is 1.52. The van der Waals surface area contributed by atoms with Crippen molar-refractivity contribution in [2.24, 2.45) is 5.73 Å². The molecular weight excluding hydrogens is 148 g/mol. The number of carbonyl (C=O) groups is 2. The summed E-state index contributed by atoms with van der Waals surface area (Å²) in [6, 6.07) is 0. The fourth-order valence-corrected chi connectivity index (χ4v) is 0.616. The Balaban J connectivity index is 4.34. The molecule has 1 unspecified atom stereocenters. The van der Waals surface area contributed by atoms with Gasteiger partial charge < -0.3 is 10.8 Å². The van der Waals surface area contributed by atoms with E-state index in [9.17, 15) is 9.59 Å². The lowest BCUT2D eigenvalue weighted by atomic mass is 10.0. The van der Waals surface area contributed by atoms with Crippen LogP contribution in [0.4, 0.5) is 4.79 Å². The number of rotatable bonds is 3. The van der Waals surface area contributed by atoms with E-state index >= 15 is 0 Å². The molecule has 5 nitrogen and oxygen atoms in total. The van der Waals surface area contributed by atoms with Crippen LogP contribution in [-0.2, 0) is 4.79 Å². The Morgan fingerprint density at radius 2 is 2.09 bits per heavy atom. The Kier molecular flexibility index (Phi) is 3.00. The number of amides is 1. The summed E-state index contributed by atoms with van der Waals surface area (Å²) in [4.78, 5) is 20.9. The van der Waals surface area contributed by atoms with Gasteiger partial charge in [-0.25, -0.2) is 4.79 Å². The second-order valence-electron chi connectivity index (χ2n) is 2.31. The van der Waals surface area contributed by atoms with Crippen molar-refractivity contribution in [3.05, 3.63) is 0 Å². The molecule has 0 heterocycles. The first-order valence-electron chi connectivity index (χ1n) is 3.23. The number of carboxylic acid groups (broad SMARTS) is 1. The maximum Gasteiger partial charge on any atom is 0.406 e. The normalized spacial score (nSPS) is 15.2. The minimum atomic E-state index is -1.42. The lowest BCUT2D eigenvalue weighted by molar-refractivity contribution is -0.123. The molecule has 0 aromatic heterocycles. The molecule has 11 heavy (non-hydrogen) atoms. The summed E-state index contributed by atoms with van der Waals surface area (Å²) in [6.07, 6.45) is -1.04. The standard InChI is InChI=1S/C6H12N2O3/c1-3-6(7,4(2)9)8-5(10)11/h8H,3,7H2,1-2H3,(H,10,11). The molecule has 1 amide bonds. The van der Waals surface area contributed by atoms with Crippen LogP contribution in [0.25, 0.3) is 0 Å². The maximum atomic E-state index is 10.8. The van der Waals surface area contributed by atoms with Gasteiger partial charge in [0.05, 0.1) is 0 Å². The van der Waals surface area contributed by atoms with Crippen molar-refractivity contribution in [1.29, 1.82) is 0 Å². The van der Waals surface area contributed by atoms with Gasteiger partial charge in [-0.05, 0) is 13.3 Å². The zero-order valence-electron chi connectivity index (χ0n) is 6.55. The zero-order chi connectivity index (χ0) is 9.07. The minimum absolute atomic E-state index is 0.245. The molecular formula is C6H12N2O3.